The number of hydrogen-bond acceptors (Lipinski definition) is 6. The molecule has 2 atom stereocenters. The summed E-state index contributed by atoms with van der Waals surface area (Å²) in [5, 5.41) is 0. The highest BCUT2D eigenvalue weighted by Gasteiger charge is 2.45. The van der Waals surface area contributed by atoms with E-state index in [9.17, 15) is 22.8 Å². The van der Waals surface area contributed by atoms with Gasteiger partial charge in [0.25, 0.3) is 5.91 Å². The predicted molar refractivity (Wildman–Crippen MR) is 117 cm³/mol. The standard InChI is InChI=1S/C24H19F3N4O4/c25-24(26,27)35-17-7-5-15(6-8-17)12-30-19-3-1-2-4-21(19)34-18-9-20(23(30)33)31(13-18)22(32)16-10-28-14-29-11-16/h1-8,10-11,14,18,20H,9,12-13H2/t18-,20-/m0/s1. The molecule has 1 fully saturated rings. The molecule has 0 N–H and O–H groups in total. The Kier molecular flexibility index (Phi) is 5.75. The molecular formula is C24H19F3N4O4. The fraction of sp³-hybridized carbons (Fsp3) is 0.250. The maximum Gasteiger partial charge on any atom is 0.573 e. The number of anilines is 1. The van der Waals surface area contributed by atoms with Gasteiger partial charge in [-0.25, -0.2) is 9.97 Å². The highest BCUT2D eigenvalue weighted by molar-refractivity contribution is 6.03. The number of halogens is 3. The summed E-state index contributed by atoms with van der Waals surface area (Å²) in [4.78, 5) is 37.7. The second-order valence-corrected chi connectivity index (χ2v) is 8.16. The first-order valence-corrected chi connectivity index (χ1v) is 10.8. The van der Waals surface area contributed by atoms with E-state index in [4.69, 9.17) is 4.74 Å². The highest BCUT2D eigenvalue weighted by atomic mass is 19.4. The predicted octanol–water partition coefficient (Wildman–Crippen LogP) is 3.58. The Bertz CT molecular complexity index is 1240. The van der Waals surface area contributed by atoms with Crippen molar-refractivity contribution in [3.8, 4) is 11.5 Å². The van der Waals surface area contributed by atoms with Gasteiger partial charge in [-0.05, 0) is 29.8 Å². The van der Waals surface area contributed by atoms with Gasteiger partial charge in [0, 0.05) is 18.8 Å². The van der Waals surface area contributed by atoms with E-state index in [1.165, 1.54) is 52.8 Å². The van der Waals surface area contributed by atoms with Crippen LogP contribution < -0.4 is 14.4 Å². The number of benzene rings is 2. The molecule has 0 unspecified atom stereocenters. The third-order valence-corrected chi connectivity index (χ3v) is 5.83. The molecule has 0 aliphatic carbocycles. The average Bonchev–Trinajstić information content (AvgIpc) is 3.27. The molecule has 2 amide bonds. The molecule has 35 heavy (non-hydrogen) atoms. The molecule has 0 saturated carbocycles. The van der Waals surface area contributed by atoms with E-state index >= 15 is 0 Å². The van der Waals surface area contributed by atoms with Crippen molar-refractivity contribution in [1.82, 2.24) is 14.9 Å². The number of likely N-dealkylation sites (tertiary alicyclic amines) is 1. The number of ether oxygens (including phenoxy) is 2. The Morgan fingerprint density at radius 1 is 1.09 bits per heavy atom. The maximum absolute atomic E-state index is 13.8. The number of alkyl halides is 3. The fourth-order valence-electron chi connectivity index (χ4n) is 4.32. The number of fused-ring (bicyclic) bond motifs is 3. The van der Waals surface area contributed by atoms with Crippen LogP contribution in [0.1, 0.15) is 22.3 Å². The zero-order chi connectivity index (χ0) is 24.6. The summed E-state index contributed by atoms with van der Waals surface area (Å²) in [7, 11) is 0. The van der Waals surface area contributed by atoms with E-state index in [0.29, 0.717) is 23.4 Å². The average molecular weight is 484 g/mol. The van der Waals surface area contributed by atoms with Crippen molar-refractivity contribution in [3.63, 3.8) is 0 Å². The van der Waals surface area contributed by atoms with Crippen LogP contribution in [0.25, 0.3) is 0 Å². The van der Waals surface area contributed by atoms with Crippen LogP contribution in [0, 0.1) is 0 Å². The van der Waals surface area contributed by atoms with E-state index < -0.39 is 12.4 Å². The molecule has 2 bridgehead atoms. The number of carbonyl (C=O) groups is 2. The summed E-state index contributed by atoms with van der Waals surface area (Å²) in [6.07, 6.45) is -0.771. The lowest BCUT2D eigenvalue weighted by atomic mass is 10.1. The number of hydrogen-bond donors (Lipinski definition) is 0. The number of aromatic nitrogens is 2. The molecular weight excluding hydrogens is 465 g/mol. The molecule has 1 saturated heterocycles. The van der Waals surface area contributed by atoms with Crippen LogP contribution in [-0.4, -0.2) is 51.7 Å². The monoisotopic (exact) mass is 484 g/mol. The van der Waals surface area contributed by atoms with Gasteiger partial charge in [0.1, 0.15) is 30.0 Å². The van der Waals surface area contributed by atoms with Crippen molar-refractivity contribution in [1.29, 1.82) is 0 Å². The second-order valence-electron chi connectivity index (χ2n) is 8.16. The molecule has 2 aromatic carbocycles. The molecule has 3 heterocycles. The zero-order valence-corrected chi connectivity index (χ0v) is 18.2. The SMILES string of the molecule is O=C1[C@@H]2C[C@@H](CN2C(=O)c2cncnc2)Oc2ccccc2N1Cc1ccc(OC(F)(F)F)cc1. The van der Waals surface area contributed by atoms with Gasteiger partial charge in [0.15, 0.2) is 0 Å². The van der Waals surface area contributed by atoms with Gasteiger partial charge in [-0.1, -0.05) is 24.3 Å². The highest BCUT2D eigenvalue weighted by Crippen LogP contribution is 2.37. The number of nitrogens with zero attached hydrogens (tertiary/aromatic N) is 4. The molecule has 0 radical (unpaired) electrons. The van der Waals surface area contributed by atoms with Crippen molar-refractivity contribution in [2.75, 3.05) is 11.4 Å². The Balaban J connectivity index is 1.46. The first kappa shape index (κ1) is 22.6. The molecule has 2 aliphatic rings. The topological polar surface area (TPSA) is 84.9 Å². The van der Waals surface area contributed by atoms with E-state index in [1.54, 1.807) is 24.3 Å². The number of carbonyl (C=O) groups excluding carboxylic acids is 2. The molecule has 180 valence electrons. The minimum absolute atomic E-state index is 0.0587. The van der Waals surface area contributed by atoms with Crippen molar-refractivity contribution < 1.29 is 32.2 Å². The molecule has 5 rings (SSSR count). The summed E-state index contributed by atoms with van der Waals surface area (Å²) in [5.41, 5.74) is 1.35. The number of para-hydroxylation sites is 2. The van der Waals surface area contributed by atoms with E-state index in [0.717, 1.165) is 0 Å². The van der Waals surface area contributed by atoms with Gasteiger partial charge < -0.3 is 19.3 Å². The Morgan fingerprint density at radius 2 is 1.80 bits per heavy atom. The lowest BCUT2D eigenvalue weighted by molar-refractivity contribution is -0.274. The van der Waals surface area contributed by atoms with E-state index in [2.05, 4.69) is 14.7 Å². The molecule has 8 nitrogen and oxygen atoms in total. The molecule has 0 spiro atoms. The molecule has 11 heteroatoms. The van der Waals surface area contributed by atoms with Gasteiger partial charge in [-0.2, -0.15) is 0 Å². The normalized spacial score (nSPS) is 19.5. The lowest BCUT2D eigenvalue weighted by Gasteiger charge is -2.31. The summed E-state index contributed by atoms with van der Waals surface area (Å²) >= 11 is 0. The smallest absolute Gasteiger partial charge is 0.486 e. The van der Waals surface area contributed by atoms with Gasteiger partial charge >= 0.3 is 6.36 Å². The van der Waals surface area contributed by atoms with Crippen molar-refractivity contribution in [2.24, 2.45) is 0 Å². The van der Waals surface area contributed by atoms with Gasteiger partial charge in [-0.3, -0.25) is 9.59 Å². The Morgan fingerprint density at radius 3 is 2.51 bits per heavy atom. The second kappa shape index (κ2) is 8.90. The minimum atomic E-state index is -4.80. The zero-order valence-electron chi connectivity index (χ0n) is 18.2. The lowest BCUT2D eigenvalue weighted by Crippen LogP contribution is -2.48. The first-order valence-electron chi connectivity index (χ1n) is 10.8. The summed E-state index contributed by atoms with van der Waals surface area (Å²) in [6, 6.07) is 11.5. The largest absolute Gasteiger partial charge is 0.573 e. The van der Waals surface area contributed by atoms with Crippen LogP contribution in [0.5, 0.6) is 11.5 Å². The van der Waals surface area contributed by atoms with Crippen LogP contribution in [0.15, 0.2) is 67.3 Å². The summed E-state index contributed by atoms with van der Waals surface area (Å²) in [6.45, 7) is 0.277. The number of amides is 2. The van der Waals surface area contributed by atoms with Crippen LogP contribution in [-0.2, 0) is 11.3 Å². The van der Waals surface area contributed by atoms with Crippen LogP contribution in [0.3, 0.4) is 0 Å². The quantitative estimate of drug-likeness (QED) is 0.563. The molecule has 1 aromatic heterocycles. The van der Waals surface area contributed by atoms with Crippen molar-refractivity contribution in [2.45, 2.75) is 31.5 Å². The first-order chi connectivity index (χ1) is 16.8. The van der Waals surface area contributed by atoms with Gasteiger partial charge in [0.05, 0.1) is 24.3 Å². The van der Waals surface area contributed by atoms with E-state index in [1.807, 2.05) is 0 Å². The van der Waals surface area contributed by atoms with Crippen molar-refractivity contribution in [3.05, 3.63) is 78.4 Å². The Hall–Kier alpha value is -4.15. The Labute approximate surface area is 197 Å². The summed E-state index contributed by atoms with van der Waals surface area (Å²) < 4.78 is 47.6. The van der Waals surface area contributed by atoms with Crippen molar-refractivity contribution >= 4 is 17.5 Å². The minimum Gasteiger partial charge on any atom is -0.486 e. The van der Waals surface area contributed by atoms with E-state index in [-0.39, 0.29) is 42.3 Å². The van der Waals surface area contributed by atoms with Gasteiger partial charge in [0.2, 0.25) is 5.91 Å². The maximum atomic E-state index is 13.8. The van der Waals surface area contributed by atoms with Crippen LogP contribution in [0.4, 0.5) is 18.9 Å². The fourth-order valence-corrected chi connectivity index (χ4v) is 4.32. The van der Waals surface area contributed by atoms with Gasteiger partial charge in [-0.15, -0.1) is 13.2 Å². The third-order valence-electron chi connectivity index (χ3n) is 5.83. The third kappa shape index (κ3) is 4.75. The van der Waals surface area contributed by atoms with Crippen LogP contribution >= 0.6 is 0 Å². The van der Waals surface area contributed by atoms with Crippen LogP contribution in [0.2, 0.25) is 0 Å². The number of rotatable bonds is 4. The summed E-state index contributed by atoms with van der Waals surface area (Å²) in [5.74, 6) is -0.568. The molecule has 3 aromatic rings. The molecule has 2 aliphatic heterocycles.